The van der Waals surface area contributed by atoms with Crippen LogP contribution in [0.2, 0.25) is 0 Å². The molecule has 6 nitrogen and oxygen atoms in total. The first kappa shape index (κ1) is 24.3. The molecule has 0 atom stereocenters. The van der Waals surface area contributed by atoms with Crippen LogP contribution >= 0.6 is 11.3 Å². The normalized spacial score (nSPS) is 14.5. The maximum atomic E-state index is 12.4. The summed E-state index contributed by atoms with van der Waals surface area (Å²) in [6.45, 7) is 5.93. The number of ketones is 2. The van der Waals surface area contributed by atoms with Gasteiger partial charge in [-0.1, -0.05) is 19.8 Å². The number of amides is 2. The van der Waals surface area contributed by atoms with E-state index in [1.807, 2.05) is 13.0 Å². The second-order valence-corrected chi connectivity index (χ2v) is 9.31. The summed E-state index contributed by atoms with van der Waals surface area (Å²) in [5, 5.41) is 2.99. The fraction of sp³-hybridized carbons (Fsp3) is 0.652. The van der Waals surface area contributed by atoms with Gasteiger partial charge in [0.15, 0.2) is 5.78 Å². The second kappa shape index (κ2) is 12.6. The maximum absolute atomic E-state index is 12.4. The van der Waals surface area contributed by atoms with Crippen LogP contribution in [-0.2, 0) is 14.4 Å². The largest absolute Gasteiger partial charge is 0.356 e. The Morgan fingerprint density at radius 2 is 1.73 bits per heavy atom. The van der Waals surface area contributed by atoms with Crippen molar-refractivity contribution in [3.63, 3.8) is 0 Å². The zero-order valence-corrected chi connectivity index (χ0v) is 19.0. The van der Waals surface area contributed by atoms with Crippen LogP contribution < -0.4 is 5.32 Å². The molecule has 0 radical (unpaired) electrons. The van der Waals surface area contributed by atoms with Crippen LogP contribution in [-0.4, -0.2) is 47.9 Å². The summed E-state index contributed by atoms with van der Waals surface area (Å²) >= 11 is 1.44. The highest BCUT2D eigenvalue weighted by Crippen LogP contribution is 2.20. The number of unbranched alkanes of at least 4 members (excludes halogenated alkanes) is 2. The average Bonchev–Trinajstić information content (AvgIpc) is 3.19. The van der Waals surface area contributed by atoms with Crippen LogP contribution in [0.1, 0.15) is 79.3 Å². The molecule has 0 bridgehead atoms. The van der Waals surface area contributed by atoms with E-state index < -0.39 is 0 Å². The molecule has 2 rings (SSSR count). The van der Waals surface area contributed by atoms with Gasteiger partial charge in [0.25, 0.3) is 0 Å². The van der Waals surface area contributed by atoms with Crippen LogP contribution in [0.15, 0.2) is 12.1 Å². The topological polar surface area (TPSA) is 83.6 Å². The SMILES string of the molecule is CCCCCNC(=O)C1CCN(C(=O)CCC(=O)CCC(=O)c2ccc(C)s2)CC1. The molecule has 0 spiro atoms. The third-order valence-corrected chi connectivity index (χ3v) is 6.60. The molecule has 1 N–H and O–H groups in total. The molecule has 166 valence electrons. The van der Waals surface area contributed by atoms with Crippen molar-refractivity contribution in [1.82, 2.24) is 10.2 Å². The van der Waals surface area contributed by atoms with Crippen LogP contribution in [0.4, 0.5) is 0 Å². The Kier molecular flexibility index (Phi) is 10.2. The van der Waals surface area contributed by atoms with Gasteiger partial charge in [0.2, 0.25) is 11.8 Å². The molecular weight excluding hydrogens is 400 g/mol. The molecule has 0 aromatic carbocycles. The number of thiophene rings is 1. The van der Waals surface area contributed by atoms with Gasteiger partial charge in [-0.2, -0.15) is 0 Å². The lowest BCUT2D eigenvalue weighted by Crippen LogP contribution is -2.43. The Balaban J connectivity index is 1.61. The van der Waals surface area contributed by atoms with Gasteiger partial charge < -0.3 is 10.2 Å². The van der Waals surface area contributed by atoms with Crippen molar-refractivity contribution >= 4 is 34.7 Å². The number of hydrogen-bond donors (Lipinski definition) is 1. The summed E-state index contributed by atoms with van der Waals surface area (Å²) in [6.07, 6.45) is 5.34. The summed E-state index contributed by atoms with van der Waals surface area (Å²) < 4.78 is 0. The van der Waals surface area contributed by atoms with E-state index in [0.29, 0.717) is 30.8 Å². The van der Waals surface area contributed by atoms with E-state index in [1.165, 1.54) is 11.3 Å². The summed E-state index contributed by atoms with van der Waals surface area (Å²) in [6, 6.07) is 3.70. The van der Waals surface area contributed by atoms with Crippen molar-refractivity contribution < 1.29 is 19.2 Å². The van der Waals surface area contributed by atoms with Gasteiger partial charge >= 0.3 is 0 Å². The Labute approximate surface area is 183 Å². The highest BCUT2D eigenvalue weighted by Gasteiger charge is 2.27. The number of nitrogens with zero attached hydrogens (tertiary/aromatic N) is 1. The van der Waals surface area contributed by atoms with Crippen molar-refractivity contribution in [2.24, 2.45) is 5.92 Å². The number of aryl methyl sites for hydroxylation is 1. The van der Waals surface area contributed by atoms with E-state index in [1.54, 1.807) is 11.0 Å². The van der Waals surface area contributed by atoms with Gasteiger partial charge in [-0.3, -0.25) is 19.2 Å². The Morgan fingerprint density at radius 3 is 2.37 bits per heavy atom. The van der Waals surface area contributed by atoms with Gasteiger partial charge in [0.1, 0.15) is 5.78 Å². The molecule has 2 amide bonds. The molecule has 1 saturated heterocycles. The number of piperidine rings is 1. The fourth-order valence-electron chi connectivity index (χ4n) is 3.61. The Morgan fingerprint density at radius 1 is 1.03 bits per heavy atom. The summed E-state index contributed by atoms with van der Waals surface area (Å²) in [5.41, 5.74) is 0. The molecule has 0 unspecified atom stereocenters. The first-order valence-corrected chi connectivity index (χ1v) is 11.9. The average molecular weight is 435 g/mol. The number of hydrogen-bond acceptors (Lipinski definition) is 5. The third kappa shape index (κ3) is 8.01. The molecule has 1 fully saturated rings. The number of carbonyl (C=O) groups is 4. The van der Waals surface area contributed by atoms with E-state index in [9.17, 15) is 19.2 Å². The monoisotopic (exact) mass is 434 g/mol. The van der Waals surface area contributed by atoms with Crippen molar-refractivity contribution in [2.75, 3.05) is 19.6 Å². The van der Waals surface area contributed by atoms with Gasteiger partial charge in [0.05, 0.1) is 4.88 Å². The van der Waals surface area contributed by atoms with E-state index in [4.69, 9.17) is 0 Å². The zero-order chi connectivity index (χ0) is 21.9. The molecule has 0 saturated carbocycles. The molecular formula is C23H34N2O4S. The minimum atomic E-state index is -0.0497. The van der Waals surface area contributed by atoms with Crippen molar-refractivity contribution in [1.29, 1.82) is 0 Å². The smallest absolute Gasteiger partial charge is 0.223 e. The molecule has 1 aromatic rings. The standard InChI is InChI=1S/C23H34N2O4S/c1-3-4-5-14-24-23(29)18-12-15-25(16-13-18)22(28)11-8-19(26)7-9-20(27)21-10-6-17(2)30-21/h6,10,18H,3-5,7-9,11-16H2,1-2H3,(H,24,29). The first-order chi connectivity index (χ1) is 14.4. The number of Topliss-reactive ketones (excluding diaryl/α,β-unsaturated/α-hetero) is 2. The molecule has 2 heterocycles. The van der Waals surface area contributed by atoms with Crippen molar-refractivity contribution in [3.8, 4) is 0 Å². The lowest BCUT2D eigenvalue weighted by molar-refractivity contribution is -0.136. The highest BCUT2D eigenvalue weighted by molar-refractivity contribution is 7.14. The molecule has 1 aromatic heterocycles. The summed E-state index contributed by atoms with van der Waals surface area (Å²) in [4.78, 5) is 52.3. The lowest BCUT2D eigenvalue weighted by atomic mass is 9.95. The fourth-order valence-corrected chi connectivity index (χ4v) is 4.45. The number of likely N-dealkylation sites (tertiary alicyclic amines) is 1. The van der Waals surface area contributed by atoms with Crippen LogP contribution in [0.5, 0.6) is 0 Å². The van der Waals surface area contributed by atoms with Crippen LogP contribution in [0.3, 0.4) is 0 Å². The minimum absolute atomic E-state index is 0.0113. The van der Waals surface area contributed by atoms with Crippen molar-refractivity contribution in [3.05, 3.63) is 21.9 Å². The van der Waals surface area contributed by atoms with Gasteiger partial charge in [-0.25, -0.2) is 0 Å². The van der Waals surface area contributed by atoms with E-state index in [2.05, 4.69) is 12.2 Å². The zero-order valence-electron chi connectivity index (χ0n) is 18.2. The Bertz CT molecular complexity index is 735. The van der Waals surface area contributed by atoms with Gasteiger partial charge in [-0.15, -0.1) is 11.3 Å². The van der Waals surface area contributed by atoms with Crippen LogP contribution in [0.25, 0.3) is 0 Å². The molecule has 0 aliphatic carbocycles. The minimum Gasteiger partial charge on any atom is -0.356 e. The summed E-state index contributed by atoms with van der Waals surface area (Å²) in [5.74, 6) is -0.0253. The predicted octanol–water partition coefficient (Wildman–Crippen LogP) is 3.91. The molecule has 30 heavy (non-hydrogen) atoms. The van der Waals surface area contributed by atoms with E-state index >= 15 is 0 Å². The molecule has 1 aliphatic rings. The highest BCUT2D eigenvalue weighted by atomic mass is 32.1. The van der Waals surface area contributed by atoms with Crippen LogP contribution in [0, 0.1) is 12.8 Å². The van der Waals surface area contributed by atoms with Gasteiger partial charge in [0, 0.05) is 56.1 Å². The molecule has 1 aliphatic heterocycles. The molecule has 7 heteroatoms. The number of nitrogens with one attached hydrogen (secondary N) is 1. The lowest BCUT2D eigenvalue weighted by Gasteiger charge is -2.31. The third-order valence-electron chi connectivity index (χ3n) is 5.56. The van der Waals surface area contributed by atoms with Gasteiger partial charge in [-0.05, 0) is 38.3 Å². The Hall–Kier alpha value is -2.02. The number of rotatable bonds is 12. The van der Waals surface area contributed by atoms with E-state index in [0.717, 1.165) is 30.7 Å². The summed E-state index contributed by atoms with van der Waals surface area (Å²) in [7, 11) is 0. The van der Waals surface area contributed by atoms with Crippen molar-refractivity contribution in [2.45, 2.75) is 71.6 Å². The van der Waals surface area contributed by atoms with E-state index in [-0.39, 0.29) is 55.0 Å². The number of carbonyl (C=O) groups excluding carboxylic acids is 4. The quantitative estimate of drug-likeness (QED) is 0.399. The second-order valence-electron chi connectivity index (χ2n) is 8.03. The first-order valence-electron chi connectivity index (χ1n) is 11.1. The predicted molar refractivity (Wildman–Crippen MR) is 119 cm³/mol. The maximum Gasteiger partial charge on any atom is 0.223 e.